The average molecular weight is 562 g/mol. The molecule has 0 unspecified atom stereocenters. The van der Waals surface area contributed by atoms with Gasteiger partial charge in [-0.1, -0.05) is 0 Å². The maximum absolute atomic E-state index is 12.9. The fourth-order valence-corrected chi connectivity index (χ4v) is 7.17. The Kier molecular flexibility index (Phi) is 8.88. The van der Waals surface area contributed by atoms with E-state index in [0.717, 1.165) is 61.1 Å². The molecule has 2 heterocycles. The summed E-state index contributed by atoms with van der Waals surface area (Å²) in [6.07, 6.45) is 9.80. The Morgan fingerprint density at radius 1 is 1.19 bits per heavy atom. The predicted octanol–water partition coefficient (Wildman–Crippen LogP) is 3.87. The van der Waals surface area contributed by atoms with Crippen LogP contribution in [0.25, 0.3) is 10.9 Å². The van der Waals surface area contributed by atoms with Crippen LogP contribution in [0, 0.1) is 0 Å². The second-order valence-electron chi connectivity index (χ2n) is 9.61. The van der Waals surface area contributed by atoms with E-state index in [9.17, 15) is 4.79 Å². The maximum atomic E-state index is 12.9. The molecule has 0 spiro atoms. The third kappa shape index (κ3) is 6.98. The molecule has 8 heteroatoms. The van der Waals surface area contributed by atoms with Crippen molar-refractivity contribution in [3.63, 3.8) is 0 Å². The van der Waals surface area contributed by atoms with Crippen molar-refractivity contribution in [2.75, 3.05) is 38.2 Å². The molecule has 0 bridgehead atoms. The van der Waals surface area contributed by atoms with Gasteiger partial charge in [-0.15, -0.1) is 0 Å². The molecule has 1 atom stereocenters. The van der Waals surface area contributed by atoms with Crippen LogP contribution < -0.4 is 14.5 Å². The standard InChI is InChI=1S/C29H34AsN4O3/c1-21(22-8-3-2-4-9-22)30-29-24-18-26(33-28(35)12-7-13-34-14-16-36-17-15-34)27(19-25(24)31-20-32-29)37-23-10-5-6-11-23/h2-4,7-9,12,18-21,23H,5-6,10-11,13-17H2,1H3,(H,33,35)/t21-/m1/s1. The predicted molar refractivity (Wildman–Crippen MR) is 148 cm³/mol. The summed E-state index contributed by atoms with van der Waals surface area (Å²) in [6, 6.07) is 14.5. The molecule has 1 aliphatic carbocycles. The Morgan fingerprint density at radius 3 is 2.76 bits per heavy atom. The van der Waals surface area contributed by atoms with E-state index in [2.05, 4.69) is 51.4 Å². The van der Waals surface area contributed by atoms with Gasteiger partial charge in [-0.3, -0.25) is 0 Å². The molecule has 1 saturated heterocycles. The number of anilines is 1. The minimum atomic E-state index is -0.249. The zero-order valence-electron chi connectivity index (χ0n) is 21.3. The fraction of sp³-hybridized carbons (Fsp3) is 0.414. The average Bonchev–Trinajstić information content (AvgIpc) is 3.44. The Labute approximate surface area is 225 Å². The van der Waals surface area contributed by atoms with Gasteiger partial charge in [0, 0.05) is 0 Å². The summed E-state index contributed by atoms with van der Waals surface area (Å²) < 4.78 is 13.2. The third-order valence-corrected chi connectivity index (χ3v) is 9.60. The van der Waals surface area contributed by atoms with Crippen molar-refractivity contribution in [1.29, 1.82) is 0 Å². The number of ether oxygens (including phenoxy) is 2. The monoisotopic (exact) mass is 561 g/mol. The summed E-state index contributed by atoms with van der Waals surface area (Å²) in [5.41, 5.74) is 2.86. The number of rotatable bonds is 9. The normalized spacial score (nSPS) is 18.2. The van der Waals surface area contributed by atoms with Gasteiger partial charge in [-0.2, -0.15) is 0 Å². The number of carbonyl (C=O) groups excluding carboxylic acids is 1. The number of nitrogens with zero attached hydrogens (tertiary/aromatic N) is 3. The molecule has 2 aromatic carbocycles. The van der Waals surface area contributed by atoms with Crippen LogP contribution in [0.3, 0.4) is 0 Å². The van der Waals surface area contributed by atoms with Crippen LogP contribution in [0.15, 0.2) is 60.9 Å². The molecule has 1 saturated carbocycles. The molecule has 37 heavy (non-hydrogen) atoms. The number of hydrogen-bond donors (Lipinski definition) is 1. The van der Waals surface area contributed by atoms with Gasteiger partial charge in [0.25, 0.3) is 0 Å². The number of morpholine rings is 1. The van der Waals surface area contributed by atoms with Crippen LogP contribution in [-0.2, 0) is 9.53 Å². The van der Waals surface area contributed by atoms with E-state index >= 15 is 0 Å². The van der Waals surface area contributed by atoms with Crippen LogP contribution in [-0.4, -0.2) is 75.5 Å². The Hall–Kier alpha value is -2.73. The first-order valence-corrected chi connectivity index (χ1v) is 15.2. The second kappa shape index (κ2) is 12.7. The van der Waals surface area contributed by atoms with E-state index in [1.807, 2.05) is 24.3 Å². The second-order valence-corrected chi connectivity index (χ2v) is 12.7. The molecular weight excluding hydrogens is 527 g/mol. The van der Waals surface area contributed by atoms with Crippen molar-refractivity contribution in [3.05, 3.63) is 66.5 Å². The Morgan fingerprint density at radius 2 is 1.97 bits per heavy atom. The molecule has 1 aliphatic heterocycles. The molecule has 1 amide bonds. The van der Waals surface area contributed by atoms with E-state index in [1.54, 1.807) is 12.4 Å². The van der Waals surface area contributed by atoms with Gasteiger partial charge in [-0.25, -0.2) is 0 Å². The van der Waals surface area contributed by atoms with E-state index in [4.69, 9.17) is 9.47 Å². The first kappa shape index (κ1) is 25.9. The van der Waals surface area contributed by atoms with Crippen molar-refractivity contribution in [2.24, 2.45) is 0 Å². The van der Waals surface area contributed by atoms with Crippen molar-refractivity contribution in [2.45, 2.75) is 43.4 Å². The van der Waals surface area contributed by atoms with Crippen LogP contribution in [0.4, 0.5) is 5.69 Å². The minimum absolute atomic E-state index is 0.159. The summed E-state index contributed by atoms with van der Waals surface area (Å²) in [7, 11) is 0. The SMILES string of the molecule is C[C@@H]([As]c1ncnc2cc(OC3CCCC3)c(NC(=O)C=CCN3CCOCC3)cc12)c1ccccc1. The molecule has 1 aromatic heterocycles. The van der Waals surface area contributed by atoms with Crippen molar-refractivity contribution >= 4 is 42.7 Å². The Balaban J connectivity index is 1.38. The molecule has 7 nitrogen and oxygen atoms in total. The molecule has 2 aliphatic rings. The first-order chi connectivity index (χ1) is 18.2. The van der Waals surface area contributed by atoms with Gasteiger partial charge in [-0.05, 0) is 0 Å². The van der Waals surface area contributed by atoms with Crippen LogP contribution in [0.2, 0.25) is 0 Å². The summed E-state index contributed by atoms with van der Waals surface area (Å²) in [4.78, 5) is 24.4. The summed E-state index contributed by atoms with van der Waals surface area (Å²) in [5.74, 6) is 0.527. The number of benzene rings is 2. The summed E-state index contributed by atoms with van der Waals surface area (Å²) in [6.45, 7) is 6.26. The Bertz CT molecular complexity index is 1220. The van der Waals surface area contributed by atoms with Gasteiger partial charge in [0.15, 0.2) is 0 Å². The quantitative estimate of drug-likeness (QED) is 0.316. The molecular formula is C29H34AsN4O3. The fourth-order valence-electron chi connectivity index (χ4n) is 4.81. The van der Waals surface area contributed by atoms with Gasteiger partial charge in [0.05, 0.1) is 0 Å². The van der Waals surface area contributed by atoms with Gasteiger partial charge in [0.2, 0.25) is 0 Å². The first-order valence-electron chi connectivity index (χ1n) is 13.1. The third-order valence-electron chi connectivity index (χ3n) is 6.90. The topological polar surface area (TPSA) is 76.6 Å². The van der Waals surface area contributed by atoms with Crippen molar-refractivity contribution in [3.8, 4) is 5.75 Å². The van der Waals surface area contributed by atoms with E-state index in [-0.39, 0.29) is 27.8 Å². The summed E-state index contributed by atoms with van der Waals surface area (Å²) >= 11 is -0.249. The molecule has 5 rings (SSSR count). The number of aromatic nitrogens is 2. The number of amides is 1. The van der Waals surface area contributed by atoms with Gasteiger partial charge in [0.1, 0.15) is 0 Å². The van der Waals surface area contributed by atoms with Crippen molar-refractivity contribution < 1.29 is 14.3 Å². The zero-order valence-corrected chi connectivity index (χ0v) is 23.2. The van der Waals surface area contributed by atoms with Gasteiger partial charge >= 0.3 is 221 Å². The number of fused-ring (bicyclic) bond motifs is 1. The van der Waals surface area contributed by atoms with Gasteiger partial charge < -0.3 is 4.74 Å². The van der Waals surface area contributed by atoms with Crippen molar-refractivity contribution in [1.82, 2.24) is 14.9 Å². The van der Waals surface area contributed by atoms with Crippen LogP contribution in [0.1, 0.15) is 42.9 Å². The molecule has 193 valence electrons. The molecule has 1 radical (unpaired) electrons. The number of hydrogen-bond acceptors (Lipinski definition) is 6. The van der Waals surface area contributed by atoms with Crippen LogP contribution >= 0.6 is 0 Å². The molecule has 3 aromatic rings. The number of nitrogens with one attached hydrogen (secondary N) is 1. The zero-order chi connectivity index (χ0) is 25.5. The molecule has 2 fully saturated rings. The molecule has 1 N–H and O–H groups in total. The number of carbonyl (C=O) groups is 1. The van der Waals surface area contributed by atoms with E-state index in [1.165, 1.54) is 18.4 Å². The van der Waals surface area contributed by atoms with E-state index < -0.39 is 0 Å². The summed E-state index contributed by atoms with van der Waals surface area (Å²) in [5, 5.41) is 4.07. The van der Waals surface area contributed by atoms with Crippen LogP contribution in [0.5, 0.6) is 5.75 Å². The van der Waals surface area contributed by atoms with E-state index in [0.29, 0.717) is 16.1 Å².